The molecule has 0 amide bonds. The van der Waals surface area contributed by atoms with Gasteiger partial charge < -0.3 is 9.84 Å². The van der Waals surface area contributed by atoms with Crippen molar-refractivity contribution in [3.05, 3.63) is 52.0 Å². The Morgan fingerprint density at radius 1 is 1.33 bits per heavy atom. The van der Waals surface area contributed by atoms with Crippen LogP contribution in [0, 0.1) is 0 Å². The quantitative estimate of drug-likeness (QED) is 0.933. The summed E-state index contributed by atoms with van der Waals surface area (Å²) in [7, 11) is 0. The summed E-state index contributed by atoms with van der Waals surface area (Å²) in [6.45, 7) is 2.94. The molecular formula is C17H21NO2S. The van der Waals surface area contributed by atoms with E-state index in [0.29, 0.717) is 6.42 Å². The van der Waals surface area contributed by atoms with Gasteiger partial charge in [-0.15, -0.1) is 11.3 Å². The monoisotopic (exact) mass is 303 g/mol. The van der Waals surface area contributed by atoms with E-state index in [1.165, 1.54) is 6.42 Å². The molecule has 2 unspecified atom stereocenters. The first-order chi connectivity index (χ1) is 10.2. The van der Waals surface area contributed by atoms with E-state index in [-0.39, 0.29) is 5.60 Å². The van der Waals surface area contributed by atoms with Crippen LogP contribution in [0.15, 0.2) is 35.7 Å². The van der Waals surface area contributed by atoms with Gasteiger partial charge in [0.05, 0.1) is 11.8 Å². The minimum absolute atomic E-state index is 0.237. The van der Waals surface area contributed by atoms with Crippen LogP contribution in [-0.4, -0.2) is 16.7 Å². The van der Waals surface area contributed by atoms with Crippen molar-refractivity contribution in [2.45, 2.75) is 44.3 Å². The third-order valence-electron chi connectivity index (χ3n) is 4.06. The number of aliphatic hydroxyl groups excluding tert-OH is 1. The molecule has 3 nitrogen and oxygen atoms in total. The van der Waals surface area contributed by atoms with Crippen LogP contribution in [0.25, 0.3) is 0 Å². The van der Waals surface area contributed by atoms with Gasteiger partial charge in [0.2, 0.25) is 0 Å². The summed E-state index contributed by atoms with van der Waals surface area (Å²) in [6.07, 6.45) is 3.41. The highest BCUT2D eigenvalue weighted by Crippen LogP contribution is 2.36. The van der Waals surface area contributed by atoms with Crippen molar-refractivity contribution >= 4 is 11.3 Å². The minimum atomic E-state index is -0.499. The second kappa shape index (κ2) is 6.26. The molecule has 1 aliphatic rings. The molecule has 21 heavy (non-hydrogen) atoms. The first kappa shape index (κ1) is 14.7. The smallest absolute Gasteiger partial charge is 0.125 e. The number of ether oxygens (including phenoxy) is 1. The Morgan fingerprint density at radius 2 is 2.14 bits per heavy atom. The molecule has 0 aliphatic carbocycles. The number of benzene rings is 1. The molecule has 1 fully saturated rings. The van der Waals surface area contributed by atoms with E-state index in [9.17, 15) is 5.11 Å². The Labute approximate surface area is 129 Å². The Balaban J connectivity index is 1.70. The number of thiazole rings is 1. The molecule has 2 atom stereocenters. The zero-order chi connectivity index (χ0) is 14.7. The molecule has 0 bridgehead atoms. The number of aromatic nitrogens is 1. The van der Waals surface area contributed by atoms with Gasteiger partial charge in [-0.05, 0) is 31.7 Å². The van der Waals surface area contributed by atoms with Gasteiger partial charge in [0, 0.05) is 18.4 Å². The van der Waals surface area contributed by atoms with Crippen LogP contribution in [-0.2, 0) is 16.8 Å². The molecule has 0 spiro atoms. The fraction of sp³-hybridized carbons (Fsp3) is 0.471. The van der Waals surface area contributed by atoms with Crippen LogP contribution in [0.3, 0.4) is 0 Å². The predicted molar refractivity (Wildman–Crippen MR) is 84.4 cm³/mol. The number of rotatable bonds is 4. The highest BCUT2D eigenvalue weighted by atomic mass is 32.1. The summed E-state index contributed by atoms with van der Waals surface area (Å²) in [5, 5.41) is 13.4. The Hall–Kier alpha value is -1.23. The number of hydrogen-bond donors (Lipinski definition) is 1. The van der Waals surface area contributed by atoms with Gasteiger partial charge in [-0.1, -0.05) is 30.3 Å². The fourth-order valence-electron chi connectivity index (χ4n) is 2.74. The van der Waals surface area contributed by atoms with Gasteiger partial charge in [-0.2, -0.15) is 0 Å². The van der Waals surface area contributed by atoms with E-state index in [1.54, 1.807) is 11.3 Å². The van der Waals surface area contributed by atoms with Crippen molar-refractivity contribution in [1.29, 1.82) is 0 Å². The van der Waals surface area contributed by atoms with Crippen LogP contribution >= 0.6 is 11.3 Å². The fourth-order valence-corrected chi connectivity index (χ4v) is 3.71. The Bertz CT molecular complexity index is 575. The van der Waals surface area contributed by atoms with Gasteiger partial charge in [-0.25, -0.2) is 4.98 Å². The second-order valence-corrected chi connectivity index (χ2v) is 6.67. The maximum absolute atomic E-state index is 10.3. The van der Waals surface area contributed by atoms with Crippen molar-refractivity contribution in [2.24, 2.45) is 0 Å². The van der Waals surface area contributed by atoms with E-state index >= 15 is 0 Å². The number of nitrogens with zero attached hydrogens (tertiary/aromatic N) is 1. The van der Waals surface area contributed by atoms with Gasteiger partial charge in [0.25, 0.3) is 0 Å². The van der Waals surface area contributed by atoms with Crippen LogP contribution in [0.1, 0.15) is 48.6 Å². The topological polar surface area (TPSA) is 42.4 Å². The molecule has 1 aliphatic heterocycles. The van der Waals surface area contributed by atoms with Gasteiger partial charge in [-0.3, -0.25) is 0 Å². The summed E-state index contributed by atoms with van der Waals surface area (Å²) in [5.74, 6) is 0. The molecule has 1 aromatic heterocycles. The highest BCUT2D eigenvalue weighted by Gasteiger charge is 2.33. The summed E-state index contributed by atoms with van der Waals surface area (Å²) in [5.41, 5.74) is 1.65. The van der Waals surface area contributed by atoms with E-state index in [2.05, 4.69) is 6.92 Å². The normalized spacial score (nSPS) is 23.9. The van der Waals surface area contributed by atoms with Gasteiger partial charge >= 0.3 is 0 Å². The van der Waals surface area contributed by atoms with Crippen LogP contribution < -0.4 is 0 Å². The standard InChI is InChI=1S/C17H21NO2S/c1-17(9-5-6-10-20-17)16-18-14(12-21-16)11-15(19)13-7-3-2-4-8-13/h2-4,7-8,12,15,19H,5-6,9-11H2,1H3. The summed E-state index contributed by atoms with van der Waals surface area (Å²) in [4.78, 5) is 4.70. The molecule has 112 valence electrons. The number of aliphatic hydroxyl groups is 1. The predicted octanol–water partition coefficient (Wildman–Crippen LogP) is 3.83. The Morgan fingerprint density at radius 3 is 2.86 bits per heavy atom. The third kappa shape index (κ3) is 3.34. The lowest BCUT2D eigenvalue weighted by Crippen LogP contribution is -2.30. The molecule has 1 N–H and O–H groups in total. The van der Waals surface area contributed by atoms with Crippen molar-refractivity contribution in [3.63, 3.8) is 0 Å². The maximum Gasteiger partial charge on any atom is 0.125 e. The zero-order valence-electron chi connectivity index (χ0n) is 12.3. The molecule has 0 radical (unpaired) electrons. The maximum atomic E-state index is 10.3. The minimum Gasteiger partial charge on any atom is -0.388 e. The SMILES string of the molecule is CC1(c2nc(CC(O)c3ccccc3)cs2)CCCCO1. The molecule has 0 saturated carbocycles. The molecule has 1 aromatic carbocycles. The highest BCUT2D eigenvalue weighted by molar-refractivity contribution is 7.09. The van der Waals surface area contributed by atoms with Crippen molar-refractivity contribution in [3.8, 4) is 0 Å². The average molecular weight is 303 g/mol. The number of hydrogen-bond acceptors (Lipinski definition) is 4. The van der Waals surface area contributed by atoms with E-state index in [1.807, 2.05) is 35.7 Å². The Kier molecular flexibility index (Phi) is 4.38. The lowest BCUT2D eigenvalue weighted by Gasteiger charge is -2.31. The molecule has 2 heterocycles. The lowest BCUT2D eigenvalue weighted by molar-refractivity contribution is -0.0703. The summed E-state index contributed by atoms with van der Waals surface area (Å²) in [6, 6.07) is 9.75. The average Bonchev–Trinajstić information content (AvgIpc) is 2.98. The van der Waals surface area contributed by atoms with E-state index in [4.69, 9.17) is 9.72 Å². The van der Waals surface area contributed by atoms with Gasteiger partial charge in [0.1, 0.15) is 10.6 Å². The molecule has 1 saturated heterocycles. The van der Waals surface area contributed by atoms with Crippen molar-refractivity contribution in [1.82, 2.24) is 4.98 Å². The largest absolute Gasteiger partial charge is 0.388 e. The summed E-state index contributed by atoms with van der Waals surface area (Å²) < 4.78 is 5.94. The van der Waals surface area contributed by atoms with Crippen LogP contribution in [0.2, 0.25) is 0 Å². The summed E-state index contributed by atoms with van der Waals surface area (Å²) >= 11 is 1.64. The molecule has 4 heteroatoms. The van der Waals surface area contributed by atoms with Gasteiger partial charge in [0.15, 0.2) is 0 Å². The zero-order valence-corrected chi connectivity index (χ0v) is 13.1. The van der Waals surface area contributed by atoms with E-state index < -0.39 is 6.10 Å². The van der Waals surface area contributed by atoms with Crippen molar-refractivity contribution in [2.75, 3.05) is 6.61 Å². The second-order valence-electron chi connectivity index (χ2n) is 5.81. The van der Waals surface area contributed by atoms with Crippen LogP contribution in [0.4, 0.5) is 0 Å². The van der Waals surface area contributed by atoms with E-state index in [0.717, 1.165) is 35.7 Å². The first-order valence-electron chi connectivity index (χ1n) is 7.49. The molecule has 3 rings (SSSR count). The third-order valence-corrected chi connectivity index (χ3v) is 5.20. The molecular weight excluding hydrogens is 282 g/mol. The molecule has 2 aromatic rings. The van der Waals surface area contributed by atoms with Crippen LogP contribution in [0.5, 0.6) is 0 Å². The first-order valence-corrected chi connectivity index (χ1v) is 8.37. The van der Waals surface area contributed by atoms with Crippen molar-refractivity contribution < 1.29 is 9.84 Å². The lowest BCUT2D eigenvalue weighted by atomic mass is 9.97.